The third-order valence-corrected chi connectivity index (χ3v) is 7.00. The summed E-state index contributed by atoms with van der Waals surface area (Å²) in [5, 5.41) is 23.5. The summed E-state index contributed by atoms with van der Waals surface area (Å²) in [5.41, 5.74) is 3.80. The molecule has 2 atom stereocenters. The molecule has 1 saturated carbocycles. The highest BCUT2D eigenvalue weighted by molar-refractivity contribution is 5.85. The molecular formula is C26H33N5O3. The Balaban J connectivity index is 1.53. The molecule has 3 aromatic rings. The van der Waals surface area contributed by atoms with Crippen LogP contribution in [0.15, 0.2) is 29.0 Å². The van der Waals surface area contributed by atoms with Crippen molar-refractivity contribution in [1.29, 1.82) is 5.26 Å². The molecule has 2 unspecified atom stereocenters. The van der Waals surface area contributed by atoms with Crippen LogP contribution in [0, 0.1) is 29.6 Å². The molecule has 0 bridgehead atoms. The number of nitrogens with zero attached hydrogens (tertiary/aromatic N) is 5. The lowest BCUT2D eigenvalue weighted by Crippen LogP contribution is -2.39. The van der Waals surface area contributed by atoms with Crippen LogP contribution in [0.1, 0.15) is 70.2 Å². The first-order chi connectivity index (χ1) is 16.0. The van der Waals surface area contributed by atoms with Crippen LogP contribution in [0.3, 0.4) is 0 Å². The quantitative estimate of drug-likeness (QED) is 0.506. The monoisotopic (exact) mass is 463 g/mol. The average molecular weight is 464 g/mol. The van der Waals surface area contributed by atoms with Crippen LogP contribution in [0.2, 0.25) is 0 Å². The second kappa shape index (κ2) is 8.79. The van der Waals surface area contributed by atoms with Crippen LogP contribution in [0.25, 0.3) is 11.0 Å². The molecular weight excluding hydrogens is 430 g/mol. The number of amides is 1. The van der Waals surface area contributed by atoms with Crippen molar-refractivity contribution >= 4 is 23.0 Å². The lowest BCUT2D eigenvalue weighted by atomic mass is 9.70. The lowest BCUT2D eigenvalue weighted by Gasteiger charge is -2.39. The maximum Gasteiger partial charge on any atom is 0.414 e. The largest absolute Gasteiger partial charge is 0.465 e. The van der Waals surface area contributed by atoms with Gasteiger partial charge in [0.15, 0.2) is 0 Å². The fourth-order valence-corrected chi connectivity index (χ4v) is 5.47. The average Bonchev–Trinajstić information content (AvgIpc) is 3.34. The predicted molar refractivity (Wildman–Crippen MR) is 130 cm³/mol. The zero-order chi connectivity index (χ0) is 24.7. The van der Waals surface area contributed by atoms with E-state index in [1.165, 1.54) is 4.90 Å². The third kappa shape index (κ3) is 4.65. The van der Waals surface area contributed by atoms with Crippen molar-refractivity contribution in [3.63, 3.8) is 0 Å². The number of nitriles is 1. The molecule has 8 heteroatoms. The Labute approximate surface area is 200 Å². The first kappa shape index (κ1) is 23.8. The fraction of sp³-hybridized carbons (Fsp3) is 0.538. The van der Waals surface area contributed by atoms with Crippen molar-refractivity contribution in [1.82, 2.24) is 14.7 Å². The SMILES string of the molecule is Cc1c(C(C)(C)C)noc1N(CC1CCCC(C)(Cn2cnc3ccc(C#N)cc32)C1)C(=O)O. The van der Waals surface area contributed by atoms with Crippen LogP contribution >= 0.6 is 0 Å². The van der Waals surface area contributed by atoms with E-state index in [2.05, 4.69) is 27.7 Å². The van der Waals surface area contributed by atoms with E-state index in [-0.39, 0.29) is 16.7 Å². The van der Waals surface area contributed by atoms with Gasteiger partial charge in [0.05, 0.1) is 34.7 Å². The molecule has 2 aromatic heterocycles. The number of hydrogen-bond donors (Lipinski definition) is 1. The summed E-state index contributed by atoms with van der Waals surface area (Å²) in [7, 11) is 0. The minimum atomic E-state index is -1.02. The summed E-state index contributed by atoms with van der Waals surface area (Å²) in [6.07, 6.45) is 4.79. The molecule has 1 fully saturated rings. The molecule has 8 nitrogen and oxygen atoms in total. The van der Waals surface area contributed by atoms with E-state index < -0.39 is 6.09 Å². The molecule has 0 radical (unpaired) electrons. The van der Waals surface area contributed by atoms with Crippen LogP contribution in [0.4, 0.5) is 10.7 Å². The number of fused-ring (bicyclic) bond motifs is 1. The molecule has 34 heavy (non-hydrogen) atoms. The van der Waals surface area contributed by atoms with E-state index in [4.69, 9.17) is 4.52 Å². The summed E-state index contributed by atoms with van der Waals surface area (Å²) in [6.45, 7) is 11.4. The summed E-state index contributed by atoms with van der Waals surface area (Å²) in [4.78, 5) is 18.0. The number of rotatable bonds is 5. The van der Waals surface area contributed by atoms with Gasteiger partial charge in [0.2, 0.25) is 5.88 Å². The van der Waals surface area contributed by atoms with Crippen molar-refractivity contribution in [2.45, 2.75) is 72.3 Å². The highest BCUT2D eigenvalue weighted by atomic mass is 16.5. The van der Waals surface area contributed by atoms with Crippen LogP contribution < -0.4 is 4.90 Å². The summed E-state index contributed by atoms with van der Waals surface area (Å²) in [6, 6.07) is 7.76. The van der Waals surface area contributed by atoms with E-state index in [1.807, 2.05) is 46.2 Å². The van der Waals surface area contributed by atoms with Crippen molar-refractivity contribution in [3.05, 3.63) is 41.3 Å². The minimum absolute atomic E-state index is 0.00357. The van der Waals surface area contributed by atoms with Gasteiger partial charge in [-0.3, -0.25) is 0 Å². The van der Waals surface area contributed by atoms with Crippen LogP contribution in [0.5, 0.6) is 0 Å². The van der Waals surface area contributed by atoms with Crippen molar-refractivity contribution in [2.24, 2.45) is 11.3 Å². The molecule has 0 spiro atoms. The molecule has 1 N–H and O–H groups in total. The Morgan fingerprint density at radius 1 is 1.41 bits per heavy atom. The van der Waals surface area contributed by atoms with Crippen LogP contribution in [-0.2, 0) is 12.0 Å². The number of benzene rings is 1. The Hall–Kier alpha value is -3.34. The standard InChI is InChI=1S/C26H33N5O3/c1-17-22(25(2,3)4)29-34-23(17)31(24(32)33)14-19-7-6-10-26(5,12-19)15-30-16-28-20-9-8-18(13-27)11-21(20)30/h8-9,11,16,19H,6-7,10,12,14-15H2,1-5H3,(H,32,33). The van der Waals surface area contributed by atoms with E-state index in [0.29, 0.717) is 18.0 Å². The Bertz CT molecular complexity index is 1250. The number of anilines is 1. The summed E-state index contributed by atoms with van der Waals surface area (Å²) >= 11 is 0. The molecule has 1 aromatic carbocycles. The number of aromatic nitrogens is 3. The molecule has 1 aliphatic rings. The summed E-state index contributed by atoms with van der Waals surface area (Å²) < 4.78 is 7.68. The second-order valence-electron chi connectivity index (χ2n) is 11.1. The van der Waals surface area contributed by atoms with Gasteiger partial charge in [-0.2, -0.15) is 5.26 Å². The van der Waals surface area contributed by atoms with Gasteiger partial charge in [-0.25, -0.2) is 14.7 Å². The van der Waals surface area contributed by atoms with E-state index in [9.17, 15) is 15.2 Å². The van der Waals surface area contributed by atoms with Gasteiger partial charge in [-0.15, -0.1) is 0 Å². The molecule has 2 heterocycles. The number of imidazole rings is 1. The Morgan fingerprint density at radius 3 is 2.82 bits per heavy atom. The molecule has 1 amide bonds. The van der Waals surface area contributed by atoms with E-state index in [0.717, 1.165) is 54.5 Å². The van der Waals surface area contributed by atoms with Gasteiger partial charge < -0.3 is 14.2 Å². The van der Waals surface area contributed by atoms with Crippen molar-refractivity contribution in [2.75, 3.05) is 11.4 Å². The Morgan fingerprint density at radius 2 is 2.18 bits per heavy atom. The normalized spacial score (nSPS) is 20.9. The smallest absolute Gasteiger partial charge is 0.414 e. The zero-order valence-electron chi connectivity index (χ0n) is 20.6. The fourth-order valence-electron chi connectivity index (χ4n) is 5.47. The highest BCUT2D eigenvalue weighted by Gasteiger charge is 2.36. The van der Waals surface area contributed by atoms with Gasteiger partial charge in [0, 0.05) is 24.1 Å². The first-order valence-corrected chi connectivity index (χ1v) is 11.8. The lowest BCUT2D eigenvalue weighted by molar-refractivity contribution is 0.135. The van der Waals surface area contributed by atoms with E-state index >= 15 is 0 Å². The molecule has 180 valence electrons. The minimum Gasteiger partial charge on any atom is -0.465 e. The van der Waals surface area contributed by atoms with Gasteiger partial charge in [-0.1, -0.05) is 39.3 Å². The Kier molecular flexibility index (Phi) is 6.15. The molecule has 0 aliphatic heterocycles. The van der Waals surface area contributed by atoms with Crippen molar-refractivity contribution in [3.8, 4) is 6.07 Å². The molecule has 4 rings (SSSR count). The number of carboxylic acid groups (broad SMARTS) is 1. The first-order valence-electron chi connectivity index (χ1n) is 11.8. The number of carbonyl (C=O) groups is 1. The second-order valence-corrected chi connectivity index (χ2v) is 11.1. The maximum absolute atomic E-state index is 12.2. The predicted octanol–water partition coefficient (Wildman–Crippen LogP) is 5.88. The van der Waals surface area contributed by atoms with Gasteiger partial charge >= 0.3 is 6.09 Å². The number of hydrogen-bond acceptors (Lipinski definition) is 5. The van der Waals surface area contributed by atoms with Crippen LogP contribution in [-0.4, -0.2) is 32.5 Å². The summed E-state index contributed by atoms with van der Waals surface area (Å²) in [5.74, 6) is 0.538. The van der Waals surface area contributed by atoms with Crippen molar-refractivity contribution < 1.29 is 14.4 Å². The maximum atomic E-state index is 12.2. The molecule has 0 saturated heterocycles. The van der Waals surface area contributed by atoms with Gasteiger partial charge in [-0.05, 0) is 55.7 Å². The highest BCUT2D eigenvalue weighted by Crippen LogP contribution is 2.42. The molecule has 1 aliphatic carbocycles. The third-order valence-electron chi connectivity index (χ3n) is 7.00. The van der Waals surface area contributed by atoms with E-state index in [1.54, 1.807) is 6.07 Å². The zero-order valence-corrected chi connectivity index (χ0v) is 20.6. The van der Waals surface area contributed by atoms with Gasteiger partial charge in [0.25, 0.3) is 0 Å². The van der Waals surface area contributed by atoms with Gasteiger partial charge in [0.1, 0.15) is 0 Å². The topological polar surface area (TPSA) is 108 Å².